The molecule has 2 heterocycles. The fraction of sp³-hybridized carbons (Fsp3) is 0.613. The number of carbonyl (C=O) groups is 3. The molecule has 2 unspecified atom stereocenters. The average molecular weight is 573 g/mol. The van der Waals surface area contributed by atoms with Gasteiger partial charge in [0, 0.05) is 24.1 Å². The van der Waals surface area contributed by atoms with Crippen LogP contribution in [0.3, 0.4) is 0 Å². The molecule has 9 heteroatoms. The van der Waals surface area contributed by atoms with Gasteiger partial charge in [-0.15, -0.1) is 11.3 Å². The molecule has 2 aliphatic rings. The van der Waals surface area contributed by atoms with Crippen molar-refractivity contribution in [2.45, 2.75) is 98.9 Å². The third-order valence-electron chi connectivity index (χ3n) is 7.01. The van der Waals surface area contributed by atoms with E-state index in [0.717, 1.165) is 52.6 Å². The molecule has 2 amide bonds. The van der Waals surface area contributed by atoms with Crippen LogP contribution in [0.15, 0.2) is 23.7 Å². The van der Waals surface area contributed by atoms with Gasteiger partial charge in [-0.2, -0.15) is 0 Å². The number of ether oxygens (including phenoxy) is 1. The van der Waals surface area contributed by atoms with E-state index >= 15 is 0 Å². The predicted octanol–water partition coefficient (Wildman–Crippen LogP) is 5.38. The molecule has 40 heavy (non-hydrogen) atoms. The van der Waals surface area contributed by atoms with Crippen molar-refractivity contribution in [3.63, 3.8) is 0 Å². The molecule has 1 aliphatic carbocycles. The standard InChI is InChI=1S/C15H18N2O2S.C10H17NO2.C6H13N/c1-10(2)19-14-6-12(15-11(3)17-9-20-15)4-5-13(14)7-16-8-18;1-10(2,3)8(6-12)11-9(13)7-4-5-7;1-6-4-3-5-7(6)2/h4-6,8-10H,7H2,1-3H3,(H,16,18);6-8H,4-5H2,1-3H3,(H,11,13);6H,3-5H2,1-2H3. The Morgan fingerprint density at radius 2 is 1.93 bits per heavy atom. The first kappa shape index (κ1) is 33.4. The van der Waals surface area contributed by atoms with Crippen molar-refractivity contribution in [1.82, 2.24) is 20.5 Å². The van der Waals surface area contributed by atoms with Gasteiger partial charge in [-0.3, -0.25) is 9.59 Å². The molecule has 1 saturated carbocycles. The smallest absolute Gasteiger partial charge is 0.223 e. The Labute approximate surface area is 244 Å². The summed E-state index contributed by atoms with van der Waals surface area (Å²) in [4.78, 5) is 40.3. The number of aryl methyl sites for hydroxylation is 1. The second kappa shape index (κ2) is 15.9. The largest absolute Gasteiger partial charge is 0.491 e. The summed E-state index contributed by atoms with van der Waals surface area (Å²) in [6.45, 7) is 15.9. The van der Waals surface area contributed by atoms with Gasteiger partial charge in [0.15, 0.2) is 0 Å². The van der Waals surface area contributed by atoms with Crippen molar-refractivity contribution < 1.29 is 19.1 Å². The lowest BCUT2D eigenvalue weighted by molar-refractivity contribution is -0.126. The second-order valence-corrected chi connectivity index (χ2v) is 12.8. The van der Waals surface area contributed by atoms with E-state index in [-0.39, 0.29) is 29.4 Å². The number of nitrogens with one attached hydrogen (secondary N) is 2. The molecular formula is C31H48N4O4S. The monoisotopic (exact) mass is 572 g/mol. The molecule has 0 spiro atoms. The number of amides is 2. The molecule has 0 radical (unpaired) electrons. The van der Waals surface area contributed by atoms with Crippen LogP contribution in [0.25, 0.3) is 10.4 Å². The molecule has 4 rings (SSSR count). The van der Waals surface area contributed by atoms with E-state index in [1.807, 2.05) is 65.3 Å². The molecule has 2 aromatic rings. The molecular weight excluding hydrogens is 524 g/mol. The summed E-state index contributed by atoms with van der Waals surface area (Å²) in [5.74, 6) is 1.01. The van der Waals surface area contributed by atoms with Gasteiger partial charge in [0.2, 0.25) is 12.3 Å². The number of carbonyl (C=O) groups excluding carboxylic acids is 3. The fourth-order valence-corrected chi connectivity index (χ4v) is 4.89. The van der Waals surface area contributed by atoms with Crippen LogP contribution in [0, 0.1) is 18.3 Å². The minimum atomic E-state index is -0.361. The second-order valence-electron chi connectivity index (χ2n) is 12.0. The number of hydrogen-bond donors (Lipinski definition) is 2. The topological polar surface area (TPSA) is 101 Å². The first-order chi connectivity index (χ1) is 18.9. The molecule has 222 valence electrons. The lowest BCUT2D eigenvalue weighted by Gasteiger charge is -2.26. The molecule has 2 atom stereocenters. The maximum absolute atomic E-state index is 11.4. The zero-order chi connectivity index (χ0) is 29.9. The average Bonchev–Trinajstić information content (AvgIpc) is 3.56. The fourth-order valence-electron chi connectivity index (χ4n) is 4.08. The highest BCUT2D eigenvalue weighted by molar-refractivity contribution is 7.13. The van der Waals surface area contributed by atoms with Crippen LogP contribution in [-0.2, 0) is 20.9 Å². The predicted molar refractivity (Wildman–Crippen MR) is 162 cm³/mol. The summed E-state index contributed by atoms with van der Waals surface area (Å²) in [6, 6.07) is 6.53. The van der Waals surface area contributed by atoms with Crippen molar-refractivity contribution in [1.29, 1.82) is 0 Å². The number of hydrogen-bond acceptors (Lipinski definition) is 7. The van der Waals surface area contributed by atoms with Gasteiger partial charge in [0.1, 0.15) is 12.0 Å². The number of thiazole rings is 1. The van der Waals surface area contributed by atoms with E-state index in [2.05, 4.69) is 34.5 Å². The van der Waals surface area contributed by atoms with Crippen LogP contribution in [0.4, 0.5) is 0 Å². The normalized spacial score (nSPS) is 17.6. The Morgan fingerprint density at radius 1 is 1.23 bits per heavy atom. The van der Waals surface area contributed by atoms with Crippen molar-refractivity contribution >= 4 is 29.9 Å². The van der Waals surface area contributed by atoms with E-state index in [4.69, 9.17) is 4.74 Å². The van der Waals surface area contributed by atoms with E-state index < -0.39 is 0 Å². The van der Waals surface area contributed by atoms with Gasteiger partial charge in [0.05, 0.1) is 28.2 Å². The third-order valence-corrected chi connectivity index (χ3v) is 7.99. The zero-order valence-corrected chi connectivity index (χ0v) is 26.3. The molecule has 1 aromatic carbocycles. The Bertz CT molecular complexity index is 1080. The zero-order valence-electron chi connectivity index (χ0n) is 25.5. The van der Waals surface area contributed by atoms with Crippen LogP contribution in [-0.4, -0.2) is 60.3 Å². The molecule has 1 aromatic heterocycles. The molecule has 1 saturated heterocycles. The summed E-state index contributed by atoms with van der Waals surface area (Å²) >= 11 is 1.62. The third kappa shape index (κ3) is 11.0. The number of benzene rings is 1. The van der Waals surface area contributed by atoms with Crippen LogP contribution in [0.2, 0.25) is 0 Å². The maximum atomic E-state index is 11.4. The van der Waals surface area contributed by atoms with Crippen LogP contribution < -0.4 is 15.4 Å². The number of aromatic nitrogens is 1. The Balaban J connectivity index is 0.000000238. The Kier molecular flexibility index (Phi) is 13.3. The molecule has 1 aliphatic heterocycles. The maximum Gasteiger partial charge on any atom is 0.223 e. The van der Waals surface area contributed by atoms with Crippen molar-refractivity contribution in [2.24, 2.45) is 11.3 Å². The Hall–Kier alpha value is -2.78. The van der Waals surface area contributed by atoms with Crippen molar-refractivity contribution in [3.8, 4) is 16.2 Å². The SMILES string of the molecule is CC(C)(C)C(C=O)NC(=O)C1CC1.CC1CCCN1C.Cc1ncsc1-c1ccc(CNC=O)c(OC(C)C)c1. The minimum absolute atomic E-state index is 0.0343. The van der Waals surface area contributed by atoms with Gasteiger partial charge in [-0.25, -0.2) is 4.98 Å². The minimum Gasteiger partial charge on any atom is -0.491 e. The first-order valence-corrected chi connectivity index (χ1v) is 15.1. The van der Waals surface area contributed by atoms with E-state index in [1.54, 1.807) is 11.3 Å². The highest BCUT2D eigenvalue weighted by Gasteiger charge is 2.33. The van der Waals surface area contributed by atoms with Gasteiger partial charge in [-0.1, -0.05) is 32.9 Å². The molecule has 2 N–H and O–H groups in total. The van der Waals surface area contributed by atoms with Gasteiger partial charge in [-0.05, 0) is 84.0 Å². The number of aldehydes is 1. The summed E-state index contributed by atoms with van der Waals surface area (Å²) < 4.78 is 5.85. The van der Waals surface area contributed by atoms with Crippen LogP contribution >= 0.6 is 11.3 Å². The summed E-state index contributed by atoms with van der Waals surface area (Å²) in [5.41, 5.74) is 4.73. The van der Waals surface area contributed by atoms with Gasteiger partial charge >= 0.3 is 0 Å². The number of nitrogens with zero attached hydrogens (tertiary/aromatic N) is 2. The highest BCUT2D eigenvalue weighted by Crippen LogP contribution is 2.32. The van der Waals surface area contributed by atoms with Crippen molar-refractivity contribution in [3.05, 3.63) is 35.0 Å². The van der Waals surface area contributed by atoms with Crippen LogP contribution in [0.1, 0.15) is 78.5 Å². The van der Waals surface area contributed by atoms with Crippen LogP contribution in [0.5, 0.6) is 5.75 Å². The molecule has 2 fully saturated rings. The number of rotatable bonds is 9. The van der Waals surface area contributed by atoms with Crippen molar-refractivity contribution in [2.75, 3.05) is 13.6 Å². The van der Waals surface area contributed by atoms with E-state index in [9.17, 15) is 14.4 Å². The Morgan fingerprint density at radius 3 is 2.35 bits per heavy atom. The summed E-state index contributed by atoms with van der Waals surface area (Å²) in [6.07, 6.45) is 6.35. The summed E-state index contributed by atoms with van der Waals surface area (Å²) in [7, 11) is 2.19. The quantitative estimate of drug-likeness (QED) is 0.392. The van der Waals surface area contributed by atoms with E-state index in [0.29, 0.717) is 13.0 Å². The lowest BCUT2D eigenvalue weighted by atomic mass is 9.87. The summed E-state index contributed by atoms with van der Waals surface area (Å²) in [5, 5.41) is 5.44. The lowest BCUT2D eigenvalue weighted by Crippen LogP contribution is -2.45. The van der Waals surface area contributed by atoms with Gasteiger partial charge < -0.3 is 25.1 Å². The highest BCUT2D eigenvalue weighted by atomic mass is 32.1. The molecule has 0 bridgehead atoms. The van der Waals surface area contributed by atoms with E-state index in [1.165, 1.54) is 19.4 Å². The number of likely N-dealkylation sites (tertiary alicyclic amines) is 1. The first-order valence-electron chi connectivity index (χ1n) is 14.2. The van der Waals surface area contributed by atoms with Gasteiger partial charge in [0.25, 0.3) is 0 Å². The molecule has 8 nitrogen and oxygen atoms in total.